The maximum absolute atomic E-state index is 13.5. The highest BCUT2D eigenvalue weighted by molar-refractivity contribution is 9.10. The quantitative estimate of drug-likeness (QED) is 0.876. The Hall–Kier alpha value is -1.19. The Morgan fingerprint density at radius 2 is 1.79 bits per heavy atom. The van der Waals surface area contributed by atoms with Gasteiger partial charge in [0.25, 0.3) is 0 Å². The van der Waals surface area contributed by atoms with Crippen molar-refractivity contribution in [3.05, 3.63) is 68.9 Å². The van der Waals surface area contributed by atoms with Gasteiger partial charge in [-0.05, 0) is 55.3 Å². The monoisotopic (exact) mass is 321 g/mol. The molecule has 2 aromatic carbocycles. The van der Waals surface area contributed by atoms with Crippen molar-refractivity contribution in [2.75, 3.05) is 7.05 Å². The Labute approximate surface area is 122 Å². The van der Waals surface area contributed by atoms with E-state index in [9.17, 15) is 4.39 Å². The standard InChI is InChI=1S/C16H17BrFN/c1-10-7-8-12(18)9-14(10)16(19-3)13-6-4-5-11(2)15(13)17/h4-9,16,19H,1-3H3. The molecule has 0 saturated carbocycles. The van der Waals surface area contributed by atoms with Crippen LogP contribution in [0.3, 0.4) is 0 Å². The summed E-state index contributed by atoms with van der Waals surface area (Å²) >= 11 is 3.63. The normalized spacial score (nSPS) is 12.5. The molecule has 0 aromatic heterocycles. The second kappa shape index (κ2) is 5.85. The highest BCUT2D eigenvalue weighted by Gasteiger charge is 2.18. The van der Waals surface area contributed by atoms with Gasteiger partial charge in [0.1, 0.15) is 5.82 Å². The lowest BCUT2D eigenvalue weighted by Gasteiger charge is -2.21. The lowest BCUT2D eigenvalue weighted by Crippen LogP contribution is -2.19. The molecular weight excluding hydrogens is 305 g/mol. The van der Waals surface area contributed by atoms with Gasteiger partial charge in [-0.2, -0.15) is 0 Å². The van der Waals surface area contributed by atoms with E-state index < -0.39 is 0 Å². The Morgan fingerprint density at radius 3 is 2.47 bits per heavy atom. The van der Waals surface area contributed by atoms with Crippen LogP contribution in [-0.4, -0.2) is 7.05 Å². The molecule has 0 spiro atoms. The van der Waals surface area contributed by atoms with Crippen LogP contribution < -0.4 is 5.32 Å². The minimum absolute atomic E-state index is 0.0232. The molecule has 3 heteroatoms. The molecule has 0 fully saturated rings. The van der Waals surface area contributed by atoms with Gasteiger partial charge < -0.3 is 5.32 Å². The van der Waals surface area contributed by atoms with Gasteiger partial charge in [-0.15, -0.1) is 0 Å². The first-order chi connectivity index (χ1) is 9.04. The summed E-state index contributed by atoms with van der Waals surface area (Å²) in [6.45, 7) is 4.06. The van der Waals surface area contributed by atoms with Crippen molar-refractivity contribution in [1.29, 1.82) is 0 Å². The number of rotatable bonds is 3. The van der Waals surface area contributed by atoms with Crippen LogP contribution in [0, 0.1) is 19.7 Å². The molecule has 19 heavy (non-hydrogen) atoms. The Kier molecular flexibility index (Phi) is 4.38. The lowest BCUT2D eigenvalue weighted by molar-refractivity contribution is 0.614. The van der Waals surface area contributed by atoms with Crippen LogP contribution in [0.1, 0.15) is 28.3 Å². The van der Waals surface area contributed by atoms with E-state index >= 15 is 0 Å². The van der Waals surface area contributed by atoms with Crippen LogP contribution in [-0.2, 0) is 0 Å². The van der Waals surface area contributed by atoms with Gasteiger partial charge >= 0.3 is 0 Å². The van der Waals surface area contributed by atoms with E-state index in [1.54, 1.807) is 6.07 Å². The van der Waals surface area contributed by atoms with Gasteiger partial charge in [0.15, 0.2) is 0 Å². The van der Waals surface area contributed by atoms with E-state index in [0.29, 0.717) is 0 Å². The zero-order valence-corrected chi connectivity index (χ0v) is 12.9. The predicted octanol–water partition coefficient (Wildman–Crippen LogP) is 4.51. The molecule has 1 atom stereocenters. The summed E-state index contributed by atoms with van der Waals surface area (Å²) < 4.78 is 14.6. The molecule has 1 N–H and O–H groups in total. The number of nitrogens with one attached hydrogen (secondary N) is 1. The SMILES string of the molecule is CNC(c1cc(F)ccc1C)c1cccc(C)c1Br. The van der Waals surface area contributed by atoms with Crippen molar-refractivity contribution >= 4 is 15.9 Å². The summed E-state index contributed by atoms with van der Waals surface area (Å²) in [6, 6.07) is 11.0. The highest BCUT2D eigenvalue weighted by atomic mass is 79.9. The fraction of sp³-hybridized carbons (Fsp3) is 0.250. The summed E-state index contributed by atoms with van der Waals surface area (Å²) in [5.74, 6) is -0.204. The summed E-state index contributed by atoms with van der Waals surface area (Å²) in [5, 5.41) is 3.27. The minimum atomic E-state index is -0.204. The van der Waals surface area contributed by atoms with Gasteiger partial charge in [0.2, 0.25) is 0 Å². The van der Waals surface area contributed by atoms with E-state index in [0.717, 1.165) is 21.2 Å². The predicted molar refractivity (Wildman–Crippen MR) is 80.9 cm³/mol. The molecular formula is C16H17BrFN. The maximum Gasteiger partial charge on any atom is 0.123 e. The van der Waals surface area contributed by atoms with Crippen LogP contribution in [0.4, 0.5) is 4.39 Å². The third-order valence-corrected chi connectivity index (χ3v) is 4.46. The molecule has 0 aliphatic rings. The van der Waals surface area contributed by atoms with Crippen molar-refractivity contribution in [2.45, 2.75) is 19.9 Å². The number of aryl methyl sites for hydroxylation is 2. The van der Waals surface area contributed by atoms with Crippen molar-refractivity contribution in [3.63, 3.8) is 0 Å². The second-order valence-electron chi connectivity index (χ2n) is 4.70. The second-order valence-corrected chi connectivity index (χ2v) is 5.49. The molecule has 100 valence electrons. The number of halogens is 2. The van der Waals surface area contributed by atoms with Crippen molar-refractivity contribution in [2.24, 2.45) is 0 Å². The summed E-state index contributed by atoms with van der Waals surface area (Å²) in [6.07, 6.45) is 0. The van der Waals surface area contributed by atoms with Crippen LogP contribution in [0.25, 0.3) is 0 Å². The molecule has 0 heterocycles. The molecule has 0 bridgehead atoms. The molecule has 2 rings (SSSR count). The molecule has 1 unspecified atom stereocenters. The topological polar surface area (TPSA) is 12.0 Å². The van der Waals surface area contributed by atoms with Crippen LogP contribution in [0.2, 0.25) is 0 Å². The van der Waals surface area contributed by atoms with E-state index in [4.69, 9.17) is 0 Å². The van der Waals surface area contributed by atoms with Crippen molar-refractivity contribution < 1.29 is 4.39 Å². The summed E-state index contributed by atoms with van der Waals surface area (Å²) in [4.78, 5) is 0. The third kappa shape index (κ3) is 2.88. The lowest BCUT2D eigenvalue weighted by atomic mass is 9.94. The van der Waals surface area contributed by atoms with Gasteiger partial charge in [-0.1, -0.05) is 40.2 Å². The number of hydrogen-bond donors (Lipinski definition) is 1. The molecule has 1 nitrogen and oxygen atoms in total. The number of hydrogen-bond acceptors (Lipinski definition) is 1. The smallest absolute Gasteiger partial charge is 0.123 e. The van der Waals surface area contributed by atoms with Crippen LogP contribution >= 0.6 is 15.9 Å². The van der Waals surface area contributed by atoms with Crippen LogP contribution in [0.5, 0.6) is 0 Å². The molecule has 0 radical (unpaired) electrons. The van der Waals surface area contributed by atoms with Gasteiger partial charge in [-0.3, -0.25) is 0 Å². The van der Waals surface area contributed by atoms with Crippen LogP contribution in [0.15, 0.2) is 40.9 Å². The Morgan fingerprint density at radius 1 is 1.05 bits per heavy atom. The largest absolute Gasteiger partial charge is 0.309 e. The fourth-order valence-electron chi connectivity index (χ4n) is 2.29. The molecule has 2 aromatic rings. The maximum atomic E-state index is 13.5. The average Bonchev–Trinajstić information content (AvgIpc) is 2.39. The van der Waals surface area contributed by atoms with Gasteiger partial charge in [0.05, 0.1) is 6.04 Å². The molecule has 0 amide bonds. The third-order valence-electron chi connectivity index (χ3n) is 3.37. The Bertz CT molecular complexity index is 593. The van der Waals surface area contributed by atoms with E-state index in [1.165, 1.54) is 11.6 Å². The zero-order valence-electron chi connectivity index (χ0n) is 11.3. The van der Waals surface area contributed by atoms with Crippen molar-refractivity contribution in [1.82, 2.24) is 5.32 Å². The first-order valence-electron chi connectivity index (χ1n) is 6.23. The summed E-state index contributed by atoms with van der Waals surface area (Å²) in [7, 11) is 1.89. The van der Waals surface area contributed by atoms with Gasteiger partial charge in [-0.25, -0.2) is 4.39 Å². The number of benzene rings is 2. The first kappa shape index (κ1) is 14.2. The van der Waals surface area contributed by atoms with E-state index in [-0.39, 0.29) is 11.9 Å². The van der Waals surface area contributed by atoms with Gasteiger partial charge in [0, 0.05) is 4.47 Å². The van der Waals surface area contributed by atoms with E-state index in [2.05, 4.69) is 40.3 Å². The van der Waals surface area contributed by atoms with E-state index in [1.807, 2.05) is 26.1 Å². The summed E-state index contributed by atoms with van der Waals surface area (Å²) in [5.41, 5.74) is 4.34. The minimum Gasteiger partial charge on any atom is -0.309 e. The average molecular weight is 322 g/mol. The highest BCUT2D eigenvalue weighted by Crippen LogP contribution is 2.32. The zero-order chi connectivity index (χ0) is 14.0. The molecule has 0 aliphatic heterocycles. The molecule has 0 aliphatic carbocycles. The fourth-order valence-corrected chi connectivity index (χ4v) is 2.79. The Balaban J connectivity index is 2.56. The van der Waals surface area contributed by atoms with Crippen molar-refractivity contribution in [3.8, 4) is 0 Å². The first-order valence-corrected chi connectivity index (χ1v) is 7.02. The molecule has 0 saturated heterocycles.